The number of hydrogen-bond donors (Lipinski definition) is 5. The van der Waals surface area contributed by atoms with Crippen LogP contribution in [0.3, 0.4) is 0 Å². The van der Waals surface area contributed by atoms with Crippen LogP contribution in [0, 0.1) is 57.2 Å². The van der Waals surface area contributed by atoms with Gasteiger partial charge in [0.05, 0.1) is 12.0 Å². The quantitative estimate of drug-likeness (QED) is 0.0565. The van der Waals surface area contributed by atoms with Gasteiger partial charge in [-0.1, -0.05) is 138 Å². The van der Waals surface area contributed by atoms with Crippen LogP contribution in [0.1, 0.15) is 78.2 Å². The summed E-state index contributed by atoms with van der Waals surface area (Å²) in [5.41, 5.74) is -1.54. The topological polar surface area (TPSA) is 319 Å². The molecule has 22 nitrogen and oxygen atoms in total. The summed E-state index contributed by atoms with van der Waals surface area (Å²) in [5, 5.41) is 53.0. The average Bonchev–Trinajstić information content (AvgIpc) is 0.780. The van der Waals surface area contributed by atoms with Crippen LogP contribution in [0.4, 0.5) is 4.39 Å². The molecule has 8 heterocycles. The van der Waals surface area contributed by atoms with E-state index in [0.717, 1.165) is 47.0 Å². The number of rotatable bonds is 17. The third-order valence-corrected chi connectivity index (χ3v) is 20.4. The highest BCUT2D eigenvalue weighted by Gasteiger charge is 2.26. The molecule has 0 bridgehead atoms. The van der Waals surface area contributed by atoms with Crippen LogP contribution >= 0.6 is 58.6 Å². The second-order valence-corrected chi connectivity index (χ2v) is 30.8. The van der Waals surface area contributed by atoms with Crippen molar-refractivity contribution in [3.63, 3.8) is 0 Å². The van der Waals surface area contributed by atoms with Gasteiger partial charge in [0.15, 0.2) is 23.0 Å². The minimum absolute atomic E-state index is 0.00952. The van der Waals surface area contributed by atoms with Gasteiger partial charge in [0.25, 0.3) is 22.2 Å². The maximum atomic E-state index is 13.4. The van der Waals surface area contributed by atoms with E-state index < -0.39 is 50.9 Å². The van der Waals surface area contributed by atoms with Gasteiger partial charge < -0.3 is 66.2 Å². The number of nitrogens with zero attached hydrogens (tertiary/aromatic N) is 4. The van der Waals surface area contributed by atoms with Crippen LogP contribution in [0.2, 0.25) is 5.02 Å². The number of benzene rings is 4. The molecule has 8 aromatic heterocycles. The lowest BCUT2D eigenvalue weighted by molar-refractivity contribution is 0.414. The zero-order valence-electron chi connectivity index (χ0n) is 59.4. The summed E-state index contributed by atoms with van der Waals surface area (Å²) in [4.78, 5) is 103. The average molecular weight is 1530 g/mol. The fourth-order valence-corrected chi connectivity index (χ4v) is 14.7. The monoisotopic (exact) mass is 1530 g/mol. The van der Waals surface area contributed by atoms with E-state index in [2.05, 4.69) is 0 Å². The second kappa shape index (κ2) is 33.8. The van der Waals surface area contributed by atoms with Crippen molar-refractivity contribution in [2.45, 2.75) is 148 Å². The Bertz CT molecular complexity index is 5640. The smallest absolute Gasteiger partial charge is 0.354 e. The number of halogens is 2. The number of methoxy groups -OCH3 is 1. The molecule has 28 heteroatoms. The summed E-state index contributed by atoms with van der Waals surface area (Å²) in [5.74, 6) is -0.409. The number of aromatic hydroxyl groups is 5. The normalized spacial score (nSPS) is 11.4. The summed E-state index contributed by atoms with van der Waals surface area (Å²) < 4.78 is 45.9. The molecular formula is C77H76ClFN4O18S4. The number of hydrogen-bond acceptors (Lipinski definition) is 22. The predicted molar refractivity (Wildman–Crippen MR) is 407 cm³/mol. The van der Waals surface area contributed by atoms with Crippen LogP contribution < -0.4 is 49.5 Å². The van der Waals surface area contributed by atoms with E-state index in [1.165, 1.54) is 24.3 Å². The lowest BCUT2D eigenvalue weighted by Crippen LogP contribution is -2.25. The minimum Gasteiger partial charge on any atom is -0.507 e. The highest BCUT2D eigenvalue weighted by molar-refractivity contribution is 8.00. The minimum atomic E-state index is -0.773. The Labute approximate surface area is 621 Å². The Morgan fingerprint density at radius 1 is 0.400 bits per heavy atom. The first-order valence-corrected chi connectivity index (χ1v) is 36.6. The van der Waals surface area contributed by atoms with Gasteiger partial charge >= 0.3 is 22.5 Å². The van der Waals surface area contributed by atoms with Crippen molar-refractivity contribution in [1.29, 1.82) is 0 Å². The van der Waals surface area contributed by atoms with E-state index in [9.17, 15) is 68.3 Å². The molecule has 12 aromatic rings. The van der Waals surface area contributed by atoms with Gasteiger partial charge in [0, 0.05) is 92.9 Å². The van der Waals surface area contributed by atoms with Crippen LogP contribution in [-0.4, -0.2) is 50.9 Å². The number of phenols is 1. The first kappa shape index (κ1) is 79.1. The van der Waals surface area contributed by atoms with E-state index in [0.29, 0.717) is 79.3 Å². The molecule has 0 aliphatic carbocycles. The molecule has 0 spiro atoms. The predicted octanol–water partition coefficient (Wildman–Crippen LogP) is 15.6. The summed E-state index contributed by atoms with van der Waals surface area (Å²) in [6.07, 6.45) is 0. The van der Waals surface area contributed by atoms with E-state index in [-0.39, 0.29) is 115 Å². The molecule has 0 aliphatic rings. The number of para-hydroxylation sites is 1. The first-order chi connectivity index (χ1) is 49.6. The Kier molecular flexibility index (Phi) is 25.5. The van der Waals surface area contributed by atoms with E-state index in [4.69, 9.17) is 34.0 Å². The molecule has 105 heavy (non-hydrogen) atoms. The van der Waals surface area contributed by atoms with Gasteiger partial charge in [0.1, 0.15) is 80.8 Å². The molecule has 0 aliphatic heterocycles. The number of phenolic OH excluding ortho intramolecular Hbond substituents is 1. The summed E-state index contributed by atoms with van der Waals surface area (Å²) in [6, 6.07) is 32.3. The lowest BCUT2D eigenvalue weighted by atomic mass is 10.2. The van der Waals surface area contributed by atoms with Crippen molar-refractivity contribution in [3.8, 4) is 34.5 Å². The first-order valence-electron chi connectivity index (χ1n) is 32.9. The zero-order chi connectivity index (χ0) is 76.7. The fraction of sp³-hybridized carbons (Fsp3) is 0.273. The van der Waals surface area contributed by atoms with Gasteiger partial charge in [0.2, 0.25) is 0 Å². The van der Waals surface area contributed by atoms with Crippen molar-refractivity contribution in [2.75, 3.05) is 7.11 Å². The van der Waals surface area contributed by atoms with Crippen molar-refractivity contribution in [2.24, 2.45) is 23.7 Å². The van der Waals surface area contributed by atoms with Crippen molar-refractivity contribution < 1.29 is 52.3 Å². The Morgan fingerprint density at radius 2 is 0.714 bits per heavy atom. The van der Waals surface area contributed by atoms with Gasteiger partial charge in [-0.05, 0) is 124 Å². The lowest BCUT2D eigenvalue weighted by Gasteiger charge is -2.14. The Balaban J connectivity index is 0.000000162. The number of pyridine rings is 4. The Hall–Kier alpha value is -10.1. The molecule has 0 radical (unpaired) electrons. The summed E-state index contributed by atoms with van der Waals surface area (Å²) in [7, 11) is 1.57. The molecule has 550 valence electrons. The highest BCUT2D eigenvalue weighted by Crippen LogP contribution is 2.41. The maximum absolute atomic E-state index is 13.4. The number of ether oxygens (including phenoxy) is 1. The zero-order valence-corrected chi connectivity index (χ0v) is 63.4. The van der Waals surface area contributed by atoms with Gasteiger partial charge in [-0.2, -0.15) is 0 Å². The van der Waals surface area contributed by atoms with E-state index >= 15 is 0 Å². The van der Waals surface area contributed by atoms with Gasteiger partial charge in [-0.3, -0.25) is 19.2 Å². The third-order valence-electron chi connectivity index (χ3n) is 15.8. The van der Waals surface area contributed by atoms with Crippen molar-refractivity contribution in [3.05, 3.63) is 238 Å². The van der Waals surface area contributed by atoms with Crippen LogP contribution in [0.15, 0.2) is 217 Å². The molecule has 0 amide bonds. The number of aromatic nitrogens is 4. The standard InChI is InChI=1S/C20H21NO5S.C19H18ClNO4S.C19H18FNO4S.C19H19NO5S/c1-11(2)10-21-12(3)9-15-16(19(21)23)17(22)18(20(24)26-15)27-14-7-5-13(25-4)6-8-14;2*1-10(2)9-21-11(3)7-14-15(18(21)23)16(22)17(19(24)25-14)26-13-6-4-5-12(20)8-13;1-10(2)9-20-11(3)8-13-15(18(20)23)16(22)17(19(24)25-13)26-14-7-5-4-6-12(14)21/h5-9,11,22H,10H2,1-4H3;2*4-8,10,22H,9H2,1-3H3;4-8,10,21-22H,9H2,1-3H3. The molecule has 5 N–H and O–H groups in total. The highest BCUT2D eigenvalue weighted by atomic mass is 35.5. The molecular weight excluding hydrogens is 1450 g/mol. The van der Waals surface area contributed by atoms with Crippen molar-refractivity contribution >= 4 is 103 Å². The van der Waals surface area contributed by atoms with Crippen molar-refractivity contribution in [1.82, 2.24) is 18.3 Å². The molecule has 12 rings (SSSR count). The molecule has 0 fully saturated rings. The van der Waals surface area contributed by atoms with Crippen LogP contribution in [0.5, 0.6) is 34.5 Å². The fourth-order valence-electron chi connectivity index (χ4n) is 11.0. The molecule has 0 saturated carbocycles. The summed E-state index contributed by atoms with van der Waals surface area (Å²) in [6.45, 7) is 25.0. The number of aryl methyl sites for hydroxylation is 4. The number of fused-ring (bicyclic) bond motifs is 4. The Morgan fingerprint density at radius 3 is 1.03 bits per heavy atom. The summed E-state index contributed by atoms with van der Waals surface area (Å²) >= 11 is 9.75. The maximum Gasteiger partial charge on any atom is 0.354 e. The third kappa shape index (κ3) is 18.2. The van der Waals surface area contributed by atoms with Crippen LogP contribution in [-0.2, 0) is 26.2 Å². The molecule has 0 atom stereocenters. The molecule has 0 unspecified atom stereocenters. The van der Waals surface area contributed by atoms with Crippen LogP contribution in [0.25, 0.3) is 43.9 Å². The van der Waals surface area contributed by atoms with Gasteiger partial charge in [-0.25, -0.2) is 23.6 Å². The van der Waals surface area contributed by atoms with E-state index in [1.807, 2.05) is 55.4 Å². The molecule has 4 aromatic carbocycles. The molecule has 0 saturated heterocycles. The second-order valence-electron chi connectivity index (χ2n) is 26.1. The van der Waals surface area contributed by atoms with Gasteiger partial charge in [-0.15, -0.1) is 0 Å². The SMILES string of the molecule is COc1ccc(Sc2c(O)c3c(=O)n(CC(C)C)c(C)cc3oc2=O)cc1.Cc1cc2oc(=O)c(Sc3cccc(Cl)c3)c(O)c2c(=O)n1CC(C)C.Cc1cc2oc(=O)c(Sc3cccc(F)c3)c(O)c2c(=O)n1CC(C)C.Cc1cc2oc(=O)c(Sc3ccccc3O)c(O)c2c(=O)n1CC(C)C. The van der Waals surface area contributed by atoms with E-state index in [1.54, 1.807) is 150 Å². The largest absolute Gasteiger partial charge is 0.507 e.